The Labute approximate surface area is 102 Å². The third-order valence-corrected chi connectivity index (χ3v) is 2.64. The Morgan fingerprint density at radius 3 is 2.89 bits per heavy atom. The molecule has 0 radical (unpaired) electrons. The second-order valence-electron chi connectivity index (χ2n) is 3.74. The van der Waals surface area contributed by atoms with Gasteiger partial charge in [0, 0.05) is 10.9 Å². The zero-order chi connectivity index (χ0) is 12.5. The number of nitrogens with zero attached hydrogens (tertiary/aromatic N) is 2. The Morgan fingerprint density at radius 2 is 2.06 bits per heavy atom. The molecule has 1 aromatic carbocycles. The molecule has 5 heteroatoms. The second-order valence-corrected chi connectivity index (χ2v) is 3.74. The fraction of sp³-hybridized carbons (Fsp3) is 0. The number of hydrogen-bond acceptors (Lipinski definition) is 4. The number of aromatic carboxylic acids is 1. The van der Waals surface area contributed by atoms with Crippen LogP contribution in [0.25, 0.3) is 22.2 Å². The highest BCUT2D eigenvalue weighted by Gasteiger charge is 2.12. The normalized spacial score (nSPS) is 10.7. The second kappa shape index (κ2) is 3.96. The molecule has 3 rings (SSSR count). The number of rotatable bonds is 2. The molecule has 18 heavy (non-hydrogen) atoms. The van der Waals surface area contributed by atoms with Crippen LogP contribution in [-0.4, -0.2) is 21.0 Å². The number of carboxylic acid groups (broad SMARTS) is 1. The van der Waals surface area contributed by atoms with Crippen LogP contribution in [0.1, 0.15) is 10.5 Å². The van der Waals surface area contributed by atoms with E-state index in [2.05, 4.69) is 9.97 Å². The fourth-order valence-corrected chi connectivity index (χ4v) is 1.80. The van der Waals surface area contributed by atoms with Crippen molar-refractivity contribution in [3.8, 4) is 11.3 Å². The number of hydrogen-bond donors (Lipinski definition) is 1. The van der Waals surface area contributed by atoms with Gasteiger partial charge in [0.1, 0.15) is 18.2 Å². The van der Waals surface area contributed by atoms with Crippen molar-refractivity contribution in [3.05, 3.63) is 48.6 Å². The summed E-state index contributed by atoms with van der Waals surface area (Å²) in [5.41, 5.74) is 2.00. The van der Waals surface area contributed by atoms with Gasteiger partial charge in [-0.05, 0) is 12.1 Å². The van der Waals surface area contributed by atoms with Crippen LogP contribution in [0.2, 0.25) is 0 Å². The van der Waals surface area contributed by atoms with Gasteiger partial charge in [0.15, 0.2) is 5.69 Å². The van der Waals surface area contributed by atoms with Crippen molar-refractivity contribution >= 4 is 16.9 Å². The number of aromatic nitrogens is 2. The predicted molar refractivity (Wildman–Crippen MR) is 64.2 cm³/mol. The number of furan rings is 1. The summed E-state index contributed by atoms with van der Waals surface area (Å²) in [7, 11) is 0. The van der Waals surface area contributed by atoms with E-state index in [9.17, 15) is 4.79 Å². The SMILES string of the molecule is O=C(O)c1cc(-c2coc3ccccc23)ncn1. The van der Waals surface area contributed by atoms with E-state index < -0.39 is 5.97 Å². The Hall–Kier alpha value is -2.69. The smallest absolute Gasteiger partial charge is 0.354 e. The van der Waals surface area contributed by atoms with E-state index in [-0.39, 0.29) is 5.69 Å². The van der Waals surface area contributed by atoms with Crippen molar-refractivity contribution < 1.29 is 14.3 Å². The van der Waals surface area contributed by atoms with Crippen molar-refractivity contribution in [2.24, 2.45) is 0 Å². The summed E-state index contributed by atoms with van der Waals surface area (Å²) in [5, 5.41) is 9.80. The van der Waals surface area contributed by atoms with Crippen molar-refractivity contribution in [2.75, 3.05) is 0 Å². The lowest BCUT2D eigenvalue weighted by Crippen LogP contribution is -2.00. The van der Waals surface area contributed by atoms with Crippen molar-refractivity contribution in [1.29, 1.82) is 0 Å². The Balaban J connectivity index is 2.20. The third-order valence-electron chi connectivity index (χ3n) is 2.64. The van der Waals surface area contributed by atoms with Gasteiger partial charge in [-0.15, -0.1) is 0 Å². The first-order valence-corrected chi connectivity index (χ1v) is 5.27. The number of carboxylic acids is 1. The highest BCUT2D eigenvalue weighted by Crippen LogP contribution is 2.28. The molecule has 0 saturated carbocycles. The molecule has 1 N–H and O–H groups in total. The predicted octanol–water partition coefficient (Wildman–Crippen LogP) is 2.59. The van der Waals surface area contributed by atoms with E-state index >= 15 is 0 Å². The van der Waals surface area contributed by atoms with Crippen LogP contribution in [0, 0.1) is 0 Å². The standard InChI is InChI=1S/C13H8N2O3/c16-13(17)11-5-10(14-7-15-11)9-6-18-12-4-2-1-3-8(9)12/h1-7H,(H,16,17). The summed E-state index contributed by atoms with van der Waals surface area (Å²) in [5.74, 6) is -1.08. The van der Waals surface area contributed by atoms with Gasteiger partial charge < -0.3 is 9.52 Å². The van der Waals surface area contributed by atoms with Gasteiger partial charge in [0.2, 0.25) is 0 Å². The minimum Gasteiger partial charge on any atom is -0.477 e. The Kier molecular flexibility index (Phi) is 2.30. The summed E-state index contributed by atoms with van der Waals surface area (Å²) in [6.07, 6.45) is 2.80. The van der Waals surface area contributed by atoms with E-state index in [1.54, 1.807) is 6.26 Å². The number of benzene rings is 1. The maximum absolute atomic E-state index is 10.9. The maximum atomic E-state index is 10.9. The van der Waals surface area contributed by atoms with Crippen LogP contribution in [-0.2, 0) is 0 Å². The molecule has 3 aromatic rings. The van der Waals surface area contributed by atoms with Crippen molar-refractivity contribution in [1.82, 2.24) is 9.97 Å². The number of carbonyl (C=O) groups is 1. The molecule has 0 bridgehead atoms. The molecule has 0 aliphatic heterocycles. The lowest BCUT2D eigenvalue weighted by Gasteiger charge is -1.98. The molecule has 88 valence electrons. The molecule has 0 spiro atoms. The van der Waals surface area contributed by atoms with Crippen LogP contribution in [0.5, 0.6) is 0 Å². The van der Waals surface area contributed by atoms with Crippen LogP contribution >= 0.6 is 0 Å². The van der Waals surface area contributed by atoms with Gasteiger partial charge in [-0.1, -0.05) is 18.2 Å². The quantitative estimate of drug-likeness (QED) is 0.745. The molecule has 0 amide bonds. The summed E-state index contributed by atoms with van der Waals surface area (Å²) in [4.78, 5) is 18.6. The molecule has 0 saturated heterocycles. The average Bonchev–Trinajstić information content (AvgIpc) is 2.82. The van der Waals surface area contributed by atoms with Crippen LogP contribution in [0.4, 0.5) is 0 Å². The molecule has 0 atom stereocenters. The summed E-state index contributed by atoms with van der Waals surface area (Å²) in [6, 6.07) is 8.94. The molecule has 2 aromatic heterocycles. The molecule has 0 aliphatic rings. The minimum atomic E-state index is -1.08. The fourth-order valence-electron chi connectivity index (χ4n) is 1.80. The maximum Gasteiger partial charge on any atom is 0.354 e. The first-order chi connectivity index (χ1) is 8.75. The molecular formula is C13H8N2O3. The molecule has 0 fully saturated rings. The third kappa shape index (κ3) is 1.62. The van der Waals surface area contributed by atoms with Gasteiger partial charge >= 0.3 is 5.97 Å². The zero-order valence-electron chi connectivity index (χ0n) is 9.20. The van der Waals surface area contributed by atoms with Crippen LogP contribution in [0.15, 0.2) is 47.3 Å². The molecular weight excluding hydrogens is 232 g/mol. The lowest BCUT2D eigenvalue weighted by molar-refractivity contribution is 0.0690. The van der Waals surface area contributed by atoms with Gasteiger partial charge in [0.25, 0.3) is 0 Å². The van der Waals surface area contributed by atoms with Crippen LogP contribution < -0.4 is 0 Å². The lowest BCUT2D eigenvalue weighted by atomic mass is 10.1. The highest BCUT2D eigenvalue weighted by atomic mass is 16.4. The topological polar surface area (TPSA) is 76.2 Å². The van der Waals surface area contributed by atoms with Gasteiger partial charge in [-0.25, -0.2) is 14.8 Å². The van der Waals surface area contributed by atoms with E-state index in [0.29, 0.717) is 5.69 Å². The molecule has 0 aliphatic carbocycles. The summed E-state index contributed by atoms with van der Waals surface area (Å²) < 4.78 is 5.40. The Morgan fingerprint density at radius 1 is 1.22 bits per heavy atom. The number of fused-ring (bicyclic) bond motifs is 1. The van der Waals surface area contributed by atoms with E-state index in [1.165, 1.54) is 12.4 Å². The van der Waals surface area contributed by atoms with Crippen molar-refractivity contribution in [2.45, 2.75) is 0 Å². The highest BCUT2D eigenvalue weighted by molar-refractivity contribution is 5.94. The monoisotopic (exact) mass is 240 g/mol. The van der Waals surface area contributed by atoms with Crippen molar-refractivity contribution in [3.63, 3.8) is 0 Å². The first kappa shape index (κ1) is 10.5. The zero-order valence-corrected chi connectivity index (χ0v) is 9.20. The molecule has 0 unspecified atom stereocenters. The van der Waals surface area contributed by atoms with E-state index in [0.717, 1.165) is 16.5 Å². The van der Waals surface area contributed by atoms with Gasteiger partial charge in [-0.2, -0.15) is 0 Å². The summed E-state index contributed by atoms with van der Waals surface area (Å²) >= 11 is 0. The van der Waals surface area contributed by atoms with Crippen LogP contribution in [0.3, 0.4) is 0 Å². The first-order valence-electron chi connectivity index (χ1n) is 5.27. The van der Waals surface area contributed by atoms with Gasteiger partial charge in [0.05, 0.1) is 5.69 Å². The van der Waals surface area contributed by atoms with E-state index in [1.807, 2.05) is 24.3 Å². The summed E-state index contributed by atoms with van der Waals surface area (Å²) in [6.45, 7) is 0. The van der Waals surface area contributed by atoms with E-state index in [4.69, 9.17) is 9.52 Å². The molecule has 2 heterocycles. The largest absolute Gasteiger partial charge is 0.477 e. The average molecular weight is 240 g/mol. The van der Waals surface area contributed by atoms with Gasteiger partial charge in [-0.3, -0.25) is 0 Å². The minimum absolute atomic E-state index is 0.0368. The number of para-hydroxylation sites is 1. The Bertz CT molecular complexity index is 734. The molecule has 5 nitrogen and oxygen atoms in total.